The Hall–Kier alpha value is -4.71. The third-order valence-electron chi connectivity index (χ3n) is 7.05. The van der Waals surface area contributed by atoms with Crippen LogP contribution >= 0.6 is 0 Å². The van der Waals surface area contributed by atoms with Crippen molar-refractivity contribution in [3.63, 3.8) is 0 Å². The first-order chi connectivity index (χ1) is 18.7. The number of hydrogen-bond donors (Lipinski definition) is 1. The highest BCUT2D eigenvalue weighted by Gasteiger charge is 2.37. The van der Waals surface area contributed by atoms with Crippen molar-refractivity contribution in [2.75, 3.05) is 4.90 Å². The first-order valence-electron chi connectivity index (χ1n) is 12.9. The van der Waals surface area contributed by atoms with Gasteiger partial charge in [-0.3, -0.25) is 14.9 Å². The zero-order valence-electron chi connectivity index (χ0n) is 22.4. The van der Waals surface area contributed by atoms with E-state index in [1.165, 1.54) is 0 Å². The fourth-order valence-corrected chi connectivity index (χ4v) is 5.24. The number of hydrogen-bond acceptors (Lipinski definition) is 4. The number of nitrogens with zero attached hydrogens (tertiary/aromatic N) is 1. The van der Waals surface area contributed by atoms with Gasteiger partial charge in [0.05, 0.1) is 5.69 Å². The van der Waals surface area contributed by atoms with E-state index >= 15 is 0 Å². The minimum absolute atomic E-state index is 0.0129. The number of barbiturate groups is 1. The molecular weight excluding hydrogens is 488 g/mol. The van der Waals surface area contributed by atoms with Gasteiger partial charge in [0, 0.05) is 5.92 Å². The van der Waals surface area contributed by atoms with Gasteiger partial charge in [-0.15, -0.1) is 0 Å². The maximum atomic E-state index is 13.4. The molecule has 3 aromatic rings. The Kier molecular flexibility index (Phi) is 7.03. The summed E-state index contributed by atoms with van der Waals surface area (Å²) in [6.07, 6.45) is 3.58. The summed E-state index contributed by atoms with van der Waals surface area (Å²) in [6, 6.07) is 22.7. The van der Waals surface area contributed by atoms with Crippen LogP contribution in [-0.4, -0.2) is 17.8 Å². The normalized spacial score (nSPS) is 18.5. The number of allylic oxidation sites excluding steroid dienone is 5. The van der Waals surface area contributed by atoms with E-state index in [-0.39, 0.29) is 11.5 Å². The number of imide groups is 2. The highest BCUT2D eigenvalue weighted by Crippen LogP contribution is 2.40. The maximum Gasteiger partial charge on any atom is 0.335 e. The Morgan fingerprint density at radius 2 is 1.54 bits per heavy atom. The quantitative estimate of drug-likeness (QED) is 0.301. The molecule has 6 heteroatoms. The van der Waals surface area contributed by atoms with E-state index in [9.17, 15) is 14.4 Å². The summed E-state index contributed by atoms with van der Waals surface area (Å²) in [5.41, 5.74) is 7.30. The highest BCUT2D eigenvalue weighted by atomic mass is 16.5. The van der Waals surface area contributed by atoms with Gasteiger partial charge >= 0.3 is 6.03 Å². The largest absolute Gasteiger partial charge is 0.489 e. The monoisotopic (exact) mass is 518 g/mol. The van der Waals surface area contributed by atoms with E-state index in [4.69, 9.17) is 4.74 Å². The zero-order chi connectivity index (χ0) is 27.7. The van der Waals surface area contributed by atoms with Crippen molar-refractivity contribution >= 4 is 23.5 Å². The van der Waals surface area contributed by atoms with E-state index in [0.29, 0.717) is 12.3 Å². The second-order valence-electron chi connectivity index (χ2n) is 10.1. The van der Waals surface area contributed by atoms with Gasteiger partial charge in [0.15, 0.2) is 0 Å². The van der Waals surface area contributed by atoms with Crippen LogP contribution in [0.5, 0.6) is 5.75 Å². The molecule has 2 aliphatic rings. The third-order valence-corrected chi connectivity index (χ3v) is 7.05. The van der Waals surface area contributed by atoms with Gasteiger partial charge in [0.1, 0.15) is 17.9 Å². The summed E-state index contributed by atoms with van der Waals surface area (Å²) in [5, 5.41) is 2.32. The summed E-state index contributed by atoms with van der Waals surface area (Å²) < 4.78 is 5.93. The van der Waals surface area contributed by atoms with Gasteiger partial charge in [-0.1, -0.05) is 65.8 Å². The van der Waals surface area contributed by atoms with E-state index < -0.39 is 17.8 Å². The van der Waals surface area contributed by atoms with Gasteiger partial charge in [-0.2, -0.15) is 0 Å². The number of benzene rings is 3. The lowest BCUT2D eigenvalue weighted by molar-refractivity contribution is -0.122. The summed E-state index contributed by atoms with van der Waals surface area (Å²) >= 11 is 0. The fraction of sp³-hybridized carbons (Fsp3) is 0.182. The van der Waals surface area contributed by atoms with E-state index in [2.05, 4.69) is 5.32 Å². The maximum absolute atomic E-state index is 13.4. The average molecular weight is 519 g/mol. The lowest BCUT2D eigenvalue weighted by Gasteiger charge is -2.27. The summed E-state index contributed by atoms with van der Waals surface area (Å²) in [4.78, 5) is 39.8. The first kappa shape index (κ1) is 25.9. The second kappa shape index (κ2) is 10.6. The number of rotatable bonds is 6. The van der Waals surface area contributed by atoms with Crippen LogP contribution < -0.4 is 15.0 Å². The van der Waals surface area contributed by atoms with Crippen molar-refractivity contribution in [2.45, 2.75) is 40.2 Å². The minimum Gasteiger partial charge on any atom is -0.489 e. The summed E-state index contributed by atoms with van der Waals surface area (Å²) in [5.74, 6) is -0.533. The Labute approximate surface area is 228 Å². The van der Waals surface area contributed by atoms with Gasteiger partial charge in [-0.25, -0.2) is 9.69 Å². The molecule has 196 valence electrons. The molecule has 1 aliphatic carbocycles. The van der Waals surface area contributed by atoms with Crippen molar-refractivity contribution < 1.29 is 19.1 Å². The molecule has 6 nitrogen and oxygen atoms in total. The summed E-state index contributed by atoms with van der Waals surface area (Å²) in [7, 11) is 0. The molecule has 1 fully saturated rings. The third kappa shape index (κ3) is 5.32. The fourth-order valence-electron chi connectivity index (χ4n) is 5.24. The number of aryl methyl sites for hydroxylation is 2. The van der Waals surface area contributed by atoms with Crippen LogP contribution in [0.2, 0.25) is 0 Å². The number of ether oxygens (including phenoxy) is 1. The van der Waals surface area contributed by atoms with E-state index in [0.717, 1.165) is 49.6 Å². The molecule has 0 bridgehead atoms. The molecule has 0 spiro atoms. The van der Waals surface area contributed by atoms with Crippen molar-refractivity contribution in [3.05, 3.63) is 129 Å². The Balaban J connectivity index is 1.39. The molecular formula is C33H30N2O4. The number of nitrogens with one attached hydrogen (secondary N) is 1. The molecule has 0 unspecified atom stereocenters. The first-order valence-corrected chi connectivity index (χ1v) is 12.9. The molecule has 0 saturated carbocycles. The van der Waals surface area contributed by atoms with Crippen molar-refractivity contribution in [2.24, 2.45) is 0 Å². The number of carbonyl (C=O) groups is 3. The van der Waals surface area contributed by atoms with Gasteiger partial charge in [0.25, 0.3) is 11.8 Å². The van der Waals surface area contributed by atoms with Crippen LogP contribution in [0.15, 0.2) is 107 Å². The Morgan fingerprint density at radius 3 is 2.21 bits per heavy atom. The highest BCUT2D eigenvalue weighted by molar-refractivity contribution is 6.37. The number of anilines is 1. The van der Waals surface area contributed by atoms with Crippen LogP contribution in [0.3, 0.4) is 0 Å². The van der Waals surface area contributed by atoms with Crippen LogP contribution in [0.25, 0.3) is 0 Å². The van der Waals surface area contributed by atoms with Crippen molar-refractivity contribution in [3.8, 4) is 5.75 Å². The summed E-state index contributed by atoms with van der Waals surface area (Å²) in [6.45, 7) is 8.33. The predicted molar refractivity (Wildman–Crippen MR) is 151 cm³/mol. The predicted octanol–water partition coefficient (Wildman–Crippen LogP) is 6.45. The molecule has 1 saturated heterocycles. The minimum atomic E-state index is -0.747. The zero-order valence-corrected chi connectivity index (χ0v) is 22.4. The number of amides is 4. The second-order valence-corrected chi connectivity index (χ2v) is 10.1. The molecule has 5 rings (SSSR count). The Morgan fingerprint density at radius 1 is 0.872 bits per heavy atom. The molecule has 39 heavy (non-hydrogen) atoms. The van der Waals surface area contributed by atoms with Gasteiger partial charge in [0.2, 0.25) is 0 Å². The van der Waals surface area contributed by atoms with Gasteiger partial charge < -0.3 is 4.74 Å². The lowest BCUT2D eigenvalue weighted by Crippen LogP contribution is -2.54. The molecule has 0 radical (unpaired) electrons. The van der Waals surface area contributed by atoms with Crippen LogP contribution in [0, 0.1) is 13.8 Å². The van der Waals surface area contributed by atoms with Gasteiger partial charge in [-0.05, 0) is 85.9 Å². The van der Waals surface area contributed by atoms with E-state index in [1.54, 1.807) is 18.2 Å². The van der Waals surface area contributed by atoms with Crippen LogP contribution in [0.4, 0.5) is 10.5 Å². The molecule has 0 aromatic heterocycles. The Bertz CT molecular complexity index is 1540. The number of urea groups is 1. The molecule has 3 aromatic carbocycles. The topological polar surface area (TPSA) is 75.7 Å². The molecule has 1 aliphatic heterocycles. The van der Waals surface area contributed by atoms with Crippen LogP contribution in [-0.2, 0) is 16.2 Å². The SMILES string of the molecule is CC1=CC(/C=C2\C(=O)NC(=O)N(c3cc(C)cc(C)c3)C2=O)=C(C)[C@H]1c1ccc(OCc2ccccc2)cc1. The molecule has 4 amide bonds. The molecule has 1 heterocycles. The molecule has 1 atom stereocenters. The average Bonchev–Trinajstić information content (AvgIpc) is 3.18. The number of carbonyl (C=O) groups excluding carboxylic acids is 3. The van der Waals surface area contributed by atoms with E-state index in [1.807, 2.05) is 94.4 Å². The standard InChI is InChI=1S/C33H30N2O4/c1-20-14-21(2)16-27(15-20)35-32(37)29(31(36)34-33(35)38)18-26-17-22(3)30(23(26)4)25-10-12-28(13-11-25)39-19-24-8-6-5-7-9-24/h5-18,30H,19H2,1-4H3,(H,34,36,38)/b29-18+/t30-/m0/s1. The van der Waals surface area contributed by atoms with Crippen molar-refractivity contribution in [1.82, 2.24) is 5.32 Å². The smallest absolute Gasteiger partial charge is 0.335 e. The van der Waals surface area contributed by atoms with Crippen molar-refractivity contribution in [1.29, 1.82) is 0 Å². The van der Waals surface area contributed by atoms with Crippen LogP contribution in [0.1, 0.15) is 42.0 Å². The molecule has 1 N–H and O–H groups in total. The lowest BCUT2D eigenvalue weighted by atomic mass is 9.89.